The number of nitrogens with two attached hydrogens (primary N) is 1. The first-order chi connectivity index (χ1) is 16.0. The van der Waals surface area contributed by atoms with E-state index in [4.69, 9.17) is 15.2 Å². The molecule has 182 valence electrons. The van der Waals surface area contributed by atoms with Crippen molar-refractivity contribution < 1.29 is 28.2 Å². The number of hydrogen-bond donors (Lipinski definition) is 2. The zero-order valence-corrected chi connectivity index (χ0v) is 19.8. The van der Waals surface area contributed by atoms with Gasteiger partial charge in [-0.2, -0.15) is 0 Å². The average molecular weight is 472 g/mol. The molecule has 0 bridgehead atoms. The highest BCUT2D eigenvalue weighted by Gasteiger charge is 2.37. The van der Waals surface area contributed by atoms with Crippen molar-refractivity contribution in [3.63, 3.8) is 0 Å². The van der Waals surface area contributed by atoms with Crippen molar-refractivity contribution in [3.8, 4) is 5.75 Å². The minimum absolute atomic E-state index is 0.0504. The lowest BCUT2D eigenvalue weighted by atomic mass is 10.1. The maximum atomic E-state index is 14.2. The normalized spacial score (nSPS) is 13.9. The molecule has 1 atom stereocenters. The molecule has 3 rings (SSSR count). The van der Waals surface area contributed by atoms with E-state index in [1.54, 1.807) is 45.0 Å². The van der Waals surface area contributed by atoms with Crippen molar-refractivity contribution in [2.24, 2.45) is 5.73 Å². The summed E-state index contributed by atoms with van der Waals surface area (Å²) in [5.74, 6) is -1.36. The van der Waals surface area contributed by atoms with E-state index in [2.05, 4.69) is 5.32 Å². The van der Waals surface area contributed by atoms with E-state index in [1.807, 2.05) is 0 Å². The Bertz CT molecular complexity index is 1100. The van der Waals surface area contributed by atoms with Crippen molar-refractivity contribution in [2.75, 3.05) is 12.4 Å². The van der Waals surface area contributed by atoms with Gasteiger partial charge in [0.05, 0.1) is 7.11 Å². The largest absolute Gasteiger partial charge is 0.497 e. The van der Waals surface area contributed by atoms with Crippen LogP contribution >= 0.6 is 0 Å². The average Bonchev–Trinajstić information content (AvgIpc) is 3.09. The molecule has 0 saturated heterocycles. The van der Waals surface area contributed by atoms with Gasteiger partial charge in [0, 0.05) is 41.9 Å². The fourth-order valence-corrected chi connectivity index (χ4v) is 3.87. The number of fused-ring (bicyclic) bond motifs is 1. The number of nitrogens with one attached hydrogen (secondary N) is 1. The number of anilines is 1. The summed E-state index contributed by atoms with van der Waals surface area (Å²) in [4.78, 5) is 38.7. The lowest BCUT2D eigenvalue weighted by Gasteiger charge is -2.26. The Balaban J connectivity index is 1.75. The van der Waals surface area contributed by atoms with Crippen LogP contribution in [0.4, 0.5) is 10.1 Å². The van der Waals surface area contributed by atoms with Crippen molar-refractivity contribution in [2.45, 2.75) is 58.3 Å². The number of methoxy groups -OCH3 is 1. The van der Waals surface area contributed by atoms with Crippen LogP contribution in [0, 0.1) is 5.82 Å². The van der Waals surface area contributed by atoms with E-state index >= 15 is 0 Å². The molecule has 0 unspecified atom stereocenters. The van der Waals surface area contributed by atoms with Crippen LogP contribution in [-0.2, 0) is 27.4 Å². The number of primary amides is 1. The number of hydrogen-bond acceptors (Lipinski definition) is 6. The molecule has 2 aromatic rings. The predicted octanol–water partition coefficient (Wildman–Crippen LogP) is 3.38. The number of carbonyl (C=O) groups excluding carboxylic acids is 3. The van der Waals surface area contributed by atoms with Gasteiger partial charge in [-0.05, 0) is 57.5 Å². The first-order valence-corrected chi connectivity index (χ1v) is 11.0. The molecule has 1 aliphatic rings. The van der Waals surface area contributed by atoms with Crippen molar-refractivity contribution in [3.05, 3.63) is 58.9 Å². The molecule has 0 radical (unpaired) electrons. The minimum Gasteiger partial charge on any atom is -0.497 e. The van der Waals surface area contributed by atoms with Gasteiger partial charge in [-0.1, -0.05) is 6.07 Å². The molecule has 8 nitrogen and oxygen atoms in total. The van der Waals surface area contributed by atoms with E-state index in [0.717, 1.165) is 0 Å². The number of amides is 2. The first-order valence-electron chi connectivity index (χ1n) is 11.0. The Morgan fingerprint density at radius 3 is 2.62 bits per heavy atom. The lowest BCUT2D eigenvalue weighted by Crippen LogP contribution is -2.45. The molecule has 0 aliphatic carbocycles. The Kier molecular flexibility index (Phi) is 7.44. The third-order valence-electron chi connectivity index (χ3n) is 5.46. The van der Waals surface area contributed by atoms with Gasteiger partial charge >= 0.3 is 5.97 Å². The highest BCUT2D eigenvalue weighted by atomic mass is 19.1. The van der Waals surface area contributed by atoms with Crippen LogP contribution in [0.5, 0.6) is 5.75 Å². The zero-order chi connectivity index (χ0) is 25.0. The van der Waals surface area contributed by atoms with Gasteiger partial charge in [0.15, 0.2) is 0 Å². The minimum atomic E-state index is -0.962. The van der Waals surface area contributed by atoms with E-state index in [9.17, 15) is 18.8 Å². The lowest BCUT2D eigenvalue weighted by molar-refractivity contribution is -0.155. The van der Waals surface area contributed by atoms with E-state index in [1.165, 1.54) is 24.1 Å². The zero-order valence-electron chi connectivity index (χ0n) is 19.8. The number of nitrogens with zero attached hydrogens (tertiary/aromatic N) is 1. The summed E-state index contributed by atoms with van der Waals surface area (Å²) < 4.78 is 24.7. The summed E-state index contributed by atoms with van der Waals surface area (Å²) >= 11 is 0. The summed E-state index contributed by atoms with van der Waals surface area (Å²) in [7, 11) is 1.51. The Morgan fingerprint density at radius 2 is 1.97 bits per heavy atom. The Labute approximate surface area is 198 Å². The van der Waals surface area contributed by atoms with Gasteiger partial charge in [0.1, 0.15) is 23.2 Å². The molecule has 1 heterocycles. The third kappa shape index (κ3) is 5.84. The van der Waals surface area contributed by atoms with Gasteiger partial charge < -0.3 is 25.4 Å². The molecule has 34 heavy (non-hydrogen) atoms. The molecule has 3 N–H and O–H groups in total. The summed E-state index contributed by atoms with van der Waals surface area (Å²) in [6, 6.07) is 8.67. The highest BCUT2D eigenvalue weighted by Crippen LogP contribution is 2.32. The Morgan fingerprint density at radius 1 is 1.24 bits per heavy atom. The van der Waals surface area contributed by atoms with Crippen molar-refractivity contribution in [1.82, 2.24) is 4.90 Å². The quantitative estimate of drug-likeness (QED) is 0.543. The summed E-state index contributed by atoms with van der Waals surface area (Å²) in [5, 5.41) is 3.17. The van der Waals surface area contributed by atoms with Gasteiger partial charge in [-0.25, -0.2) is 4.39 Å². The molecular formula is C25H30FN3O5. The van der Waals surface area contributed by atoms with Crippen LogP contribution in [0.3, 0.4) is 0 Å². The van der Waals surface area contributed by atoms with Crippen molar-refractivity contribution in [1.29, 1.82) is 0 Å². The molecule has 1 aliphatic heterocycles. The molecule has 0 fully saturated rings. The van der Waals surface area contributed by atoms with E-state index in [0.29, 0.717) is 28.1 Å². The summed E-state index contributed by atoms with van der Waals surface area (Å²) in [6.45, 7) is 5.57. The Hall–Kier alpha value is -3.62. The molecule has 2 aromatic carbocycles. The topological polar surface area (TPSA) is 111 Å². The molecule has 0 spiro atoms. The maximum absolute atomic E-state index is 14.2. The fraction of sp³-hybridized carbons (Fsp3) is 0.400. The van der Waals surface area contributed by atoms with Crippen LogP contribution in [-0.4, -0.2) is 41.4 Å². The number of esters is 1. The number of rotatable bonds is 9. The molecule has 9 heteroatoms. The molecule has 2 amide bonds. The number of benzene rings is 2. The van der Waals surface area contributed by atoms with Gasteiger partial charge in [-0.3, -0.25) is 14.4 Å². The van der Waals surface area contributed by atoms with Gasteiger partial charge in [-0.15, -0.1) is 0 Å². The van der Waals surface area contributed by atoms with Crippen molar-refractivity contribution >= 4 is 23.5 Å². The van der Waals surface area contributed by atoms with Gasteiger partial charge in [0.2, 0.25) is 5.91 Å². The second kappa shape index (κ2) is 10.1. The standard InChI is InChI=1S/C25H30FN3O5/c1-25(2,3)34-22(30)11-10-21(23(27)31)29-14-18-17(24(29)32)6-5-7-20(18)28-13-15-12-16(33-4)8-9-19(15)26/h5-9,12,21,28H,10-11,13-14H2,1-4H3,(H2,27,31)/t21-/m0/s1. The third-order valence-corrected chi connectivity index (χ3v) is 5.46. The maximum Gasteiger partial charge on any atom is 0.306 e. The fourth-order valence-electron chi connectivity index (χ4n) is 3.87. The number of halogens is 1. The predicted molar refractivity (Wildman–Crippen MR) is 125 cm³/mol. The number of ether oxygens (including phenoxy) is 2. The van der Waals surface area contributed by atoms with Crippen LogP contribution < -0.4 is 15.8 Å². The summed E-state index contributed by atoms with van der Waals surface area (Å²) in [6.07, 6.45) is 0.00693. The second-order valence-corrected chi connectivity index (χ2v) is 9.12. The monoisotopic (exact) mass is 471 g/mol. The molecule has 0 aromatic heterocycles. The first kappa shape index (κ1) is 25.0. The molecule has 0 saturated carbocycles. The highest BCUT2D eigenvalue weighted by molar-refractivity contribution is 6.02. The van der Waals surface area contributed by atoms with Crippen LogP contribution in [0.2, 0.25) is 0 Å². The smallest absolute Gasteiger partial charge is 0.306 e. The van der Waals surface area contributed by atoms with E-state index in [-0.39, 0.29) is 37.7 Å². The molecular weight excluding hydrogens is 441 g/mol. The SMILES string of the molecule is COc1ccc(F)c(CNc2cccc3c2CN([C@@H](CCC(=O)OC(C)(C)C)C(N)=O)C3=O)c1. The van der Waals surface area contributed by atoms with Crippen LogP contribution in [0.25, 0.3) is 0 Å². The second-order valence-electron chi connectivity index (χ2n) is 9.12. The van der Waals surface area contributed by atoms with Gasteiger partial charge in [0.25, 0.3) is 5.91 Å². The van der Waals surface area contributed by atoms with E-state index < -0.39 is 23.5 Å². The van der Waals surface area contributed by atoms with Crippen LogP contribution in [0.1, 0.15) is 55.1 Å². The van der Waals surface area contributed by atoms with Crippen LogP contribution in [0.15, 0.2) is 36.4 Å². The summed E-state index contributed by atoms with van der Waals surface area (Å²) in [5.41, 5.74) is 7.10. The number of carbonyl (C=O) groups is 3.